The summed E-state index contributed by atoms with van der Waals surface area (Å²) in [4.78, 5) is 19.0. The van der Waals surface area contributed by atoms with Crippen molar-refractivity contribution in [3.05, 3.63) is 62.9 Å². The molecule has 1 saturated heterocycles. The van der Waals surface area contributed by atoms with E-state index in [1.165, 1.54) is 0 Å². The van der Waals surface area contributed by atoms with E-state index >= 15 is 0 Å². The van der Waals surface area contributed by atoms with Gasteiger partial charge in [-0.05, 0) is 55.3 Å². The molecule has 29 heavy (non-hydrogen) atoms. The molecular formula is C20H17BrCl2N4O2. The SMILES string of the molecule is O=C(Nc1ccc(Cl)cc1Cl)N1CCCC(c2nc(-c3ccc(Br)cc3)no2)C1. The fourth-order valence-electron chi connectivity index (χ4n) is 3.27. The number of carbonyl (C=O) groups excluding carboxylic acids is 1. The van der Waals surface area contributed by atoms with Crippen molar-refractivity contribution in [2.24, 2.45) is 0 Å². The van der Waals surface area contributed by atoms with Crippen molar-refractivity contribution in [2.75, 3.05) is 18.4 Å². The maximum Gasteiger partial charge on any atom is 0.321 e. The number of urea groups is 1. The summed E-state index contributed by atoms with van der Waals surface area (Å²) in [5.74, 6) is 1.08. The van der Waals surface area contributed by atoms with Gasteiger partial charge in [-0.3, -0.25) is 0 Å². The largest absolute Gasteiger partial charge is 0.339 e. The van der Waals surface area contributed by atoms with E-state index in [4.69, 9.17) is 27.7 Å². The number of halogens is 3. The molecule has 1 fully saturated rings. The van der Waals surface area contributed by atoms with Gasteiger partial charge in [-0.2, -0.15) is 4.98 Å². The Morgan fingerprint density at radius 1 is 1.21 bits per heavy atom. The molecule has 3 aromatic rings. The van der Waals surface area contributed by atoms with Crippen LogP contribution in [0.15, 0.2) is 51.5 Å². The zero-order chi connectivity index (χ0) is 20.4. The first kappa shape index (κ1) is 20.2. The van der Waals surface area contributed by atoms with Crippen LogP contribution in [0.3, 0.4) is 0 Å². The van der Waals surface area contributed by atoms with E-state index in [1.807, 2.05) is 24.3 Å². The van der Waals surface area contributed by atoms with Gasteiger partial charge in [0, 0.05) is 28.1 Å². The van der Waals surface area contributed by atoms with Crippen molar-refractivity contribution in [1.82, 2.24) is 15.0 Å². The monoisotopic (exact) mass is 494 g/mol. The number of rotatable bonds is 3. The summed E-state index contributed by atoms with van der Waals surface area (Å²) in [6.45, 7) is 1.15. The number of nitrogens with zero attached hydrogens (tertiary/aromatic N) is 3. The van der Waals surface area contributed by atoms with E-state index in [2.05, 4.69) is 31.4 Å². The van der Waals surface area contributed by atoms with Crippen LogP contribution in [0.2, 0.25) is 10.0 Å². The molecule has 9 heteroatoms. The van der Waals surface area contributed by atoms with Crippen LogP contribution < -0.4 is 5.32 Å². The molecule has 150 valence electrons. The Kier molecular flexibility index (Phi) is 6.08. The molecule has 4 rings (SSSR count). The second-order valence-electron chi connectivity index (χ2n) is 6.80. The molecule has 2 amide bonds. The van der Waals surface area contributed by atoms with Gasteiger partial charge in [0.1, 0.15) is 0 Å². The molecule has 0 saturated carbocycles. The third-order valence-corrected chi connectivity index (χ3v) is 5.85. The maximum atomic E-state index is 12.7. The van der Waals surface area contributed by atoms with Crippen molar-refractivity contribution in [2.45, 2.75) is 18.8 Å². The first-order chi connectivity index (χ1) is 14.0. The molecule has 1 N–H and O–H groups in total. The molecule has 2 heterocycles. The van der Waals surface area contributed by atoms with Crippen LogP contribution in [0, 0.1) is 0 Å². The quantitative estimate of drug-likeness (QED) is 0.468. The van der Waals surface area contributed by atoms with Crippen LogP contribution in [0.4, 0.5) is 10.5 Å². The lowest BCUT2D eigenvalue weighted by molar-refractivity contribution is 0.184. The fraction of sp³-hybridized carbons (Fsp3) is 0.250. The number of benzene rings is 2. The average molecular weight is 496 g/mol. The zero-order valence-electron chi connectivity index (χ0n) is 15.2. The summed E-state index contributed by atoms with van der Waals surface area (Å²) in [6.07, 6.45) is 1.73. The van der Waals surface area contributed by atoms with E-state index in [9.17, 15) is 4.79 Å². The highest BCUT2D eigenvalue weighted by molar-refractivity contribution is 9.10. The molecule has 1 aliphatic rings. The van der Waals surface area contributed by atoms with Gasteiger partial charge in [0.2, 0.25) is 11.7 Å². The van der Waals surface area contributed by atoms with Crippen LogP contribution in [0.5, 0.6) is 0 Å². The molecule has 0 aliphatic carbocycles. The van der Waals surface area contributed by atoms with Gasteiger partial charge in [-0.25, -0.2) is 4.79 Å². The van der Waals surface area contributed by atoms with Crippen LogP contribution in [-0.4, -0.2) is 34.2 Å². The van der Waals surface area contributed by atoms with E-state index < -0.39 is 0 Å². The highest BCUT2D eigenvalue weighted by Crippen LogP contribution is 2.30. The van der Waals surface area contributed by atoms with Crippen LogP contribution in [-0.2, 0) is 0 Å². The summed E-state index contributed by atoms with van der Waals surface area (Å²) in [5.41, 5.74) is 1.41. The molecule has 2 aromatic carbocycles. The number of hydrogen-bond acceptors (Lipinski definition) is 4. The molecule has 0 radical (unpaired) electrons. The number of nitrogens with one attached hydrogen (secondary N) is 1. The minimum absolute atomic E-state index is 0.00751. The molecule has 6 nitrogen and oxygen atoms in total. The Morgan fingerprint density at radius 2 is 2.00 bits per heavy atom. The summed E-state index contributed by atoms with van der Waals surface area (Å²) < 4.78 is 6.49. The number of carbonyl (C=O) groups is 1. The Bertz CT molecular complexity index is 1030. The van der Waals surface area contributed by atoms with E-state index in [0.717, 1.165) is 22.9 Å². The van der Waals surface area contributed by atoms with Crippen LogP contribution in [0.25, 0.3) is 11.4 Å². The lowest BCUT2D eigenvalue weighted by Crippen LogP contribution is -2.41. The van der Waals surface area contributed by atoms with Crippen molar-refractivity contribution in [3.63, 3.8) is 0 Å². The zero-order valence-corrected chi connectivity index (χ0v) is 18.3. The van der Waals surface area contributed by atoms with Crippen LogP contribution >= 0.6 is 39.1 Å². The van der Waals surface area contributed by atoms with Crippen molar-refractivity contribution < 1.29 is 9.32 Å². The van der Waals surface area contributed by atoms with Gasteiger partial charge >= 0.3 is 6.03 Å². The third kappa shape index (κ3) is 4.74. The highest BCUT2D eigenvalue weighted by Gasteiger charge is 2.29. The van der Waals surface area contributed by atoms with Crippen molar-refractivity contribution >= 4 is 50.9 Å². The number of amides is 2. The maximum absolute atomic E-state index is 12.7. The molecule has 1 aromatic heterocycles. The van der Waals surface area contributed by atoms with Crippen molar-refractivity contribution in [3.8, 4) is 11.4 Å². The van der Waals surface area contributed by atoms with Gasteiger partial charge in [0.05, 0.1) is 16.6 Å². The first-order valence-corrected chi connectivity index (χ1v) is 10.6. The summed E-state index contributed by atoms with van der Waals surface area (Å²) in [5, 5.41) is 7.86. The lowest BCUT2D eigenvalue weighted by Gasteiger charge is -2.31. The van der Waals surface area contributed by atoms with Crippen LogP contribution in [0.1, 0.15) is 24.7 Å². The minimum Gasteiger partial charge on any atom is -0.339 e. The Labute approximate surface area is 186 Å². The number of piperidine rings is 1. The molecule has 1 aliphatic heterocycles. The van der Waals surface area contributed by atoms with Gasteiger partial charge in [-0.1, -0.05) is 44.3 Å². The summed E-state index contributed by atoms with van der Waals surface area (Å²) in [6, 6.07) is 12.5. The second-order valence-corrected chi connectivity index (χ2v) is 8.56. The molecule has 1 atom stereocenters. The Morgan fingerprint density at radius 3 is 2.76 bits per heavy atom. The normalized spacial score (nSPS) is 16.7. The Balaban J connectivity index is 1.44. The molecular weight excluding hydrogens is 479 g/mol. The number of likely N-dealkylation sites (tertiary alicyclic amines) is 1. The summed E-state index contributed by atoms with van der Waals surface area (Å²) >= 11 is 15.5. The molecule has 0 spiro atoms. The standard InChI is InChI=1S/C20H17BrCl2N4O2/c21-14-5-3-12(4-6-14)18-25-19(29-26-18)13-2-1-9-27(11-13)20(28)24-17-8-7-15(22)10-16(17)23/h3-8,10,13H,1-2,9,11H2,(H,24,28). The van der Waals surface area contributed by atoms with E-state index in [1.54, 1.807) is 23.1 Å². The average Bonchev–Trinajstić information content (AvgIpc) is 3.21. The molecule has 1 unspecified atom stereocenters. The predicted octanol–water partition coefficient (Wildman–Crippen LogP) is 6.22. The smallest absolute Gasteiger partial charge is 0.321 e. The van der Waals surface area contributed by atoms with E-state index in [-0.39, 0.29) is 11.9 Å². The third-order valence-electron chi connectivity index (χ3n) is 4.77. The number of hydrogen-bond donors (Lipinski definition) is 1. The van der Waals surface area contributed by atoms with Gasteiger partial charge in [-0.15, -0.1) is 0 Å². The van der Waals surface area contributed by atoms with Gasteiger partial charge < -0.3 is 14.7 Å². The second kappa shape index (κ2) is 8.73. The topological polar surface area (TPSA) is 71.3 Å². The van der Waals surface area contributed by atoms with Crippen molar-refractivity contribution in [1.29, 1.82) is 0 Å². The van der Waals surface area contributed by atoms with E-state index in [0.29, 0.717) is 40.5 Å². The summed E-state index contributed by atoms with van der Waals surface area (Å²) in [7, 11) is 0. The number of anilines is 1. The first-order valence-electron chi connectivity index (χ1n) is 9.10. The highest BCUT2D eigenvalue weighted by atomic mass is 79.9. The van der Waals surface area contributed by atoms with Gasteiger partial charge in [0.15, 0.2) is 0 Å². The lowest BCUT2D eigenvalue weighted by atomic mass is 9.98. The number of aromatic nitrogens is 2. The van der Waals surface area contributed by atoms with Gasteiger partial charge in [0.25, 0.3) is 0 Å². The minimum atomic E-state index is -0.216. The Hall–Kier alpha value is -2.09. The predicted molar refractivity (Wildman–Crippen MR) is 116 cm³/mol. The molecule has 0 bridgehead atoms. The fourth-order valence-corrected chi connectivity index (χ4v) is 3.99.